The van der Waals surface area contributed by atoms with Crippen LogP contribution >= 0.6 is 0 Å². The van der Waals surface area contributed by atoms with E-state index in [2.05, 4.69) is 15.1 Å². The van der Waals surface area contributed by atoms with Crippen molar-refractivity contribution in [3.05, 3.63) is 69.5 Å². The molecule has 2 aromatic heterocycles. The van der Waals surface area contributed by atoms with Crippen molar-refractivity contribution in [3.63, 3.8) is 0 Å². The number of benzene rings is 1. The van der Waals surface area contributed by atoms with E-state index in [-0.39, 0.29) is 48.5 Å². The second-order valence-corrected chi connectivity index (χ2v) is 12.1. The number of alkyl halides is 3. The van der Waals surface area contributed by atoms with Crippen LogP contribution in [0, 0.1) is 31.1 Å². The number of nitriles is 1. The largest absolute Gasteiger partial charge is 0.512 e. The van der Waals surface area contributed by atoms with E-state index >= 15 is 0 Å². The number of aliphatic hydroxyl groups is 1. The van der Waals surface area contributed by atoms with E-state index in [9.17, 15) is 28.3 Å². The monoisotopic (exact) mass is 581 g/mol. The molecular formula is C31H34F3N5O3. The molecule has 1 aromatic carbocycles. The third-order valence-corrected chi connectivity index (χ3v) is 8.63. The molecule has 42 heavy (non-hydrogen) atoms. The lowest BCUT2D eigenvalue weighted by molar-refractivity contribution is -0.167. The molecule has 0 radical (unpaired) electrons. The van der Waals surface area contributed by atoms with E-state index < -0.39 is 28.7 Å². The smallest absolute Gasteiger partial charge is 0.416 e. The maximum Gasteiger partial charge on any atom is 0.416 e. The van der Waals surface area contributed by atoms with Crippen molar-refractivity contribution in [2.75, 3.05) is 0 Å². The highest BCUT2D eigenvalue weighted by Crippen LogP contribution is 2.46. The van der Waals surface area contributed by atoms with Gasteiger partial charge in [-0.2, -0.15) is 23.4 Å². The molecule has 8 nitrogen and oxygen atoms in total. The number of esters is 1. The number of carbonyl (C=O) groups excluding carboxylic acids is 1. The molecule has 1 N–H and O–H groups in total. The van der Waals surface area contributed by atoms with Crippen molar-refractivity contribution in [1.82, 2.24) is 19.6 Å². The zero-order valence-corrected chi connectivity index (χ0v) is 24.2. The predicted molar refractivity (Wildman–Crippen MR) is 147 cm³/mol. The number of ether oxygens (including phenoxy) is 1. The molecular weight excluding hydrogens is 547 g/mol. The van der Waals surface area contributed by atoms with Gasteiger partial charge in [0.2, 0.25) is 0 Å². The van der Waals surface area contributed by atoms with Gasteiger partial charge in [-0.15, -0.1) is 5.10 Å². The second kappa shape index (κ2) is 10.7. The first-order valence-corrected chi connectivity index (χ1v) is 14.2. The van der Waals surface area contributed by atoms with E-state index in [1.165, 1.54) is 19.9 Å². The van der Waals surface area contributed by atoms with Crippen molar-refractivity contribution in [3.8, 4) is 6.07 Å². The molecule has 1 fully saturated rings. The number of hydrogen-bond acceptors (Lipinski definition) is 7. The molecule has 1 aliphatic carbocycles. The molecule has 1 saturated carbocycles. The molecule has 3 heterocycles. The average molecular weight is 582 g/mol. The molecule has 2 aliphatic rings. The minimum atomic E-state index is -4.63. The van der Waals surface area contributed by atoms with Crippen LogP contribution in [-0.4, -0.2) is 36.3 Å². The van der Waals surface area contributed by atoms with Gasteiger partial charge < -0.3 is 9.84 Å². The lowest BCUT2D eigenvalue weighted by Crippen LogP contribution is -2.46. The third kappa shape index (κ3) is 5.59. The van der Waals surface area contributed by atoms with Gasteiger partial charge in [0.25, 0.3) is 5.78 Å². The third-order valence-electron chi connectivity index (χ3n) is 8.63. The van der Waals surface area contributed by atoms with Gasteiger partial charge in [0, 0.05) is 24.2 Å². The fourth-order valence-corrected chi connectivity index (χ4v) is 6.37. The number of aliphatic hydroxyl groups excluding tert-OH is 1. The van der Waals surface area contributed by atoms with Crippen molar-refractivity contribution in [2.45, 2.75) is 96.3 Å². The summed E-state index contributed by atoms with van der Waals surface area (Å²) in [5.41, 5.74) is -1.15. The summed E-state index contributed by atoms with van der Waals surface area (Å²) in [5.74, 6) is -0.0581. The Bertz CT molecular complexity index is 1610. The predicted octanol–water partition coefficient (Wildman–Crippen LogP) is 6.42. The van der Waals surface area contributed by atoms with Crippen LogP contribution in [0.15, 0.2) is 35.6 Å². The topological polar surface area (TPSA) is 113 Å². The molecule has 222 valence electrons. The molecule has 0 amide bonds. The molecule has 3 aromatic rings. The Labute approximate surface area is 242 Å². The maximum atomic E-state index is 14.0. The first-order valence-electron chi connectivity index (χ1n) is 14.2. The molecule has 1 atom stereocenters. The highest BCUT2D eigenvalue weighted by atomic mass is 19.4. The Kier molecular flexibility index (Phi) is 7.54. The zero-order chi connectivity index (χ0) is 30.4. The van der Waals surface area contributed by atoms with E-state index in [0.717, 1.165) is 43.1 Å². The first kappa shape index (κ1) is 29.5. The number of fused-ring (bicyclic) bond motifs is 1. The number of aryl methyl sites for hydroxylation is 3. The van der Waals surface area contributed by atoms with E-state index in [1.807, 2.05) is 26.0 Å². The number of aromatic nitrogens is 4. The van der Waals surface area contributed by atoms with Gasteiger partial charge in [-0.25, -0.2) is 14.3 Å². The number of hydrogen-bond donors (Lipinski definition) is 1. The summed E-state index contributed by atoms with van der Waals surface area (Å²) in [7, 11) is 0. The minimum Gasteiger partial charge on any atom is -0.512 e. The van der Waals surface area contributed by atoms with Crippen LogP contribution in [0.4, 0.5) is 13.2 Å². The van der Waals surface area contributed by atoms with Gasteiger partial charge in [0.05, 0.1) is 22.6 Å². The normalized spacial score (nSPS) is 20.3. The standard InChI is InChI=1S/C31H34F3N5O3/c1-18-13-19(2)39-28(36-18)37-26(38-39)15-22-25(40)16-30(42-27(22)41,21-7-5-6-8-21)12-11-20-9-10-23(29(3,4)17-35)24(14-20)31(32,33)34/h9-10,13-14,21,40H,5-8,11-12,15-16H2,1-4H3. The number of carbonyl (C=O) groups is 1. The highest BCUT2D eigenvalue weighted by molar-refractivity contribution is 5.90. The van der Waals surface area contributed by atoms with Crippen LogP contribution in [0.5, 0.6) is 0 Å². The zero-order valence-electron chi connectivity index (χ0n) is 24.2. The fraction of sp³-hybridized carbons (Fsp3) is 0.516. The van der Waals surface area contributed by atoms with Crippen molar-refractivity contribution < 1.29 is 27.8 Å². The molecule has 11 heteroatoms. The highest BCUT2D eigenvalue weighted by Gasteiger charge is 2.48. The summed E-state index contributed by atoms with van der Waals surface area (Å²) < 4.78 is 49.8. The van der Waals surface area contributed by atoms with Crippen molar-refractivity contribution in [1.29, 1.82) is 5.26 Å². The Morgan fingerprint density at radius 1 is 1.14 bits per heavy atom. The van der Waals surface area contributed by atoms with Crippen LogP contribution in [0.2, 0.25) is 0 Å². The van der Waals surface area contributed by atoms with Gasteiger partial charge >= 0.3 is 12.1 Å². The Morgan fingerprint density at radius 2 is 1.86 bits per heavy atom. The number of nitrogens with zero attached hydrogens (tertiary/aromatic N) is 5. The lowest BCUT2D eigenvalue weighted by Gasteiger charge is -2.42. The second-order valence-electron chi connectivity index (χ2n) is 12.1. The van der Waals surface area contributed by atoms with E-state index in [1.54, 1.807) is 10.6 Å². The maximum absolute atomic E-state index is 14.0. The SMILES string of the molecule is Cc1cc(C)n2nc(CC3=C(O)CC(CCc4ccc(C(C)(C)C#N)c(C(F)(F)F)c4)(C4CCCC4)OC3=O)nc2n1. The minimum absolute atomic E-state index is 0.0211. The quantitative estimate of drug-likeness (QED) is 0.320. The average Bonchev–Trinajstić information content (AvgIpc) is 3.60. The summed E-state index contributed by atoms with van der Waals surface area (Å²) in [4.78, 5) is 22.2. The van der Waals surface area contributed by atoms with Gasteiger partial charge in [-0.05, 0) is 82.6 Å². The molecule has 1 unspecified atom stereocenters. The molecule has 1 aliphatic heterocycles. The Hall–Kier alpha value is -3.94. The van der Waals surface area contributed by atoms with E-state index in [0.29, 0.717) is 17.2 Å². The van der Waals surface area contributed by atoms with Gasteiger partial charge in [0.1, 0.15) is 11.4 Å². The van der Waals surface area contributed by atoms with Gasteiger partial charge in [-0.1, -0.05) is 25.0 Å². The summed E-state index contributed by atoms with van der Waals surface area (Å²) in [5, 5.41) is 25.1. The number of rotatable bonds is 7. The fourth-order valence-electron chi connectivity index (χ4n) is 6.37. The van der Waals surface area contributed by atoms with E-state index in [4.69, 9.17) is 4.74 Å². The summed E-state index contributed by atoms with van der Waals surface area (Å²) in [6.45, 7) is 6.64. The lowest BCUT2D eigenvalue weighted by atomic mass is 9.76. The van der Waals surface area contributed by atoms with Crippen LogP contribution < -0.4 is 0 Å². The van der Waals surface area contributed by atoms with Gasteiger partial charge in [0.15, 0.2) is 5.82 Å². The van der Waals surface area contributed by atoms with Crippen molar-refractivity contribution >= 4 is 11.7 Å². The first-order chi connectivity index (χ1) is 19.7. The molecule has 0 spiro atoms. The van der Waals surface area contributed by atoms with Crippen molar-refractivity contribution in [2.24, 2.45) is 5.92 Å². The van der Waals surface area contributed by atoms with Crippen LogP contribution in [0.3, 0.4) is 0 Å². The van der Waals surface area contributed by atoms with Gasteiger partial charge in [-0.3, -0.25) is 0 Å². The summed E-state index contributed by atoms with van der Waals surface area (Å²) in [6.07, 6.45) is -0.604. The summed E-state index contributed by atoms with van der Waals surface area (Å²) in [6, 6.07) is 7.88. The number of halogens is 3. The van der Waals surface area contributed by atoms with Crippen LogP contribution in [0.1, 0.15) is 86.3 Å². The summed E-state index contributed by atoms with van der Waals surface area (Å²) >= 11 is 0. The Morgan fingerprint density at radius 3 is 2.50 bits per heavy atom. The molecule has 5 rings (SSSR count). The Balaban J connectivity index is 1.43. The number of cyclic esters (lactones) is 1. The molecule has 0 bridgehead atoms. The van der Waals surface area contributed by atoms with Crippen LogP contribution in [0.25, 0.3) is 5.78 Å². The van der Waals surface area contributed by atoms with Crippen LogP contribution in [-0.2, 0) is 34.0 Å². The molecule has 0 saturated heterocycles.